The maximum atomic E-state index is 13.3. The zero-order valence-corrected chi connectivity index (χ0v) is 17.4. The number of nitrogens with zero attached hydrogens (tertiary/aromatic N) is 2. The highest BCUT2D eigenvalue weighted by molar-refractivity contribution is 14.1. The number of hydrogen-bond donors (Lipinski definition) is 1. The lowest BCUT2D eigenvalue weighted by atomic mass is 9.78. The SMILES string of the molecule is C[C@@H]1CC(I)CC(c2ccncc2NC(=O)c2ccc(F)c(Br)n2)C1. The maximum Gasteiger partial charge on any atom is 0.274 e. The van der Waals surface area contributed by atoms with Crippen LogP contribution in [0, 0.1) is 11.7 Å². The Morgan fingerprint density at radius 1 is 1.32 bits per heavy atom. The molecule has 1 N–H and O–H groups in total. The van der Waals surface area contributed by atoms with Crippen LogP contribution >= 0.6 is 38.5 Å². The molecule has 2 unspecified atom stereocenters. The van der Waals surface area contributed by atoms with E-state index in [1.807, 2.05) is 6.07 Å². The van der Waals surface area contributed by atoms with E-state index in [1.54, 1.807) is 12.4 Å². The minimum atomic E-state index is -0.497. The quantitative estimate of drug-likeness (QED) is 0.340. The first kappa shape index (κ1) is 18.7. The van der Waals surface area contributed by atoms with Gasteiger partial charge in [-0.15, -0.1) is 0 Å². The van der Waals surface area contributed by atoms with Crippen LogP contribution in [0.15, 0.2) is 35.2 Å². The summed E-state index contributed by atoms with van der Waals surface area (Å²) in [7, 11) is 0. The highest BCUT2D eigenvalue weighted by Gasteiger charge is 2.28. The van der Waals surface area contributed by atoms with Gasteiger partial charge in [0.1, 0.15) is 10.3 Å². The van der Waals surface area contributed by atoms with Gasteiger partial charge in [0.25, 0.3) is 5.91 Å². The molecular formula is C18H18BrFIN3O. The van der Waals surface area contributed by atoms with E-state index in [0.717, 1.165) is 18.4 Å². The van der Waals surface area contributed by atoms with Crippen molar-refractivity contribution in [3.05, 3.63) is 52.3 Å². The summed E-state index contributed by atoms with van der Waals surface area (Å²) in [6, 6.07) is 4.57. The van der Waals surface area contributed by atoms with Gasteiger partial charge >= 0.3 is 0 Å². The van der Waals surface area contributed by atoms with E-state index >= 15 is 0 Å². The van der Waals surface area contributed by atoms with Crippen molar-refractivity contribution in [1.82, 2.24) is 9.97 Å². The monoisotopic (exact) mass is 517 g/mol. The van der Waals surface area contributed by atoms with E-state index < -0.39 is 5.82 Å². The summed E-state index contributed by atoms with van der Waals surface area (Å²) in [6.07, 6.45) is 6.87. The van der Waals surface area contributed by atoms with Crippen LogP contribution in [0.2, 0.25) is 0 Å². The molecule has 4 nitrogen and oxygen atoms in total. The molecule has 1 aliphatic carbocycles. The number of pyridine rings is 2. The second-order valence-corrected chi connectivity index (χ2v) is 9.01. The Morgan fingerprint density at radius 3 is 2.84 bits per heavy atom. The molecule has 7 heteroatoms. The molecule has 2 heterocycles. The van der Waals surface area contributed by atoms with Gasteiger partial charge in [-0.1, -0.05) is 29.5 Å². The zero-order chi connectivity index (χ0) is 18.0. The van der Waals surface area contributed by atoms with Crippen LogP contribution in [-0.4, -0.2) is 19.8 Å². The number of anilines is 1. The van der Waals surface area contributed by atoms with E-state index in [-0.39, 0.29) is 16.2 Å². The van der Waals surface area contributed by atoms with E-state index in [4.69, 9.17) is 0 Å². The third kappa shape index (κ3) is 4.55. The van der Waals surface area contributed by atoms with Crippen LogP contribution in [-0.2, 0) is 0 Å². The summed E-state index contributed by atoms with van der Waals surface area (Å²) < 4.78 is 14.0. The Balaban J connectivity index is 1.83. The van der Waals surface area contributed by atoms with Crippen LogP contribution in [0.3, 0.4) is 0 Å². The molecule has 0 aliphatic heterocycles. The lowest BCUT2D eigenvalue weighted by Crippen LogP contribution is -2.22. The van der Waals surface area contributed by atoms with Gasteiger partial charge in [-0.25, -0.2) is 9.37 Å². The molecule has 25 heavy (non-hydrogen) atoms. The average Bonchev–Trinajstić information content (AvgIpc) is 2.57. The number of carbonyl (C=O) groups is 1. The molecule has 3 rings (SSSR count). The third-order valence-corrected chi connectivity index (χ3v) is 6.04. The largest absolute Gasteiger partial charge is 0.319 e. The summed E-state index contributed by atoms with van der Waals surface area (Å²) >= 11 is 5.52. The fourth-order valence-electron chi connectivity index (χ4n) is 3.37. The second kappa shape index (κ2) is 8.07. The van der Waals surface area contributed by atoms with E-state index in [0.29, 0.717) is 21.4 Å². The lowest BCUT2D eigenvalue weighted by Gasteiger charge is -2.31. The number of amides is 1. The van der Waals surface area contributed by atoms with Gasteiger partial charge in [0, 0.05) is 10.1 Å². The zero-order valence-electron chi connectivity index (χ0n) is 13.7. The number of aromatic nitrogens is 2. The predicted octanol–water partition coefficient (Wildman–Crippen LogP) is 5.34. The standard InChI is InChI=1S/C18H18BrFIN3O/c1-10-6-11(8-12(21)7-10)13-4-5-22-9-16(13)24-18(25)15-3-2-14(20)17(19)23-15/h2-5,9-12H,6-8H2,1H3,(H,24,25)/t10-,11?,12?/m0/s1. The molecule has 1 saturated carbocycles. The maximum absolute atomic E-state index is 13.3. The normalized spacial score (nSPS) is 23.3. The molecule has 132 valence electrons. The summed E-state index contributed by atoms with van der Waals surface area (Å²) in [5, 5.41) is 2.89. The van der Waals surface area contributed by atoms with Crippen LogP contribution < -0.4 is 5.32 Å². The molecule has 1 amide bonds. The molecule has 2 aromatic heterocycles. The van der Waals surface area contributed by atoms with Crippen molar-refractivity contribution >= 4 is 50.1 Å². The molecule has 2 aromatic rings. The Hall–Kier alpha value is -1.09. The van der Waals surface area contributed by atoms with Crippen molar-refractivity contribution in [3.8, 4) is 0 Å². The molecule has 1 aliphatic rings. The van der Waals surface area contributed by atoms with Gasteiger partial charge in [0.2, 0.25) is 0 Å². The Labute approximate surface area is 168 Å². The van der Waals surface area contributed by atoms with E-state index in [1.165, 1.54) is 18.6 Å². The molecule has 0 bridgehead atoms. The summed E-state index contributed by atoms with van der Waals surface area (Å²) in [5.41, 5.74) is 1.97. The van der Waals surface area contributed by atoms with Crippen LogP contribution in [0.5, 0.6) is 0 Å². The highest BCUT2D eigenvalue weighted by Crippen LogP contribution is 2.41. The van der Waals surface area contributed by atoms with Gasteiger partial charge in [-0.3, -0.25) is 9.78 Å². The Morgan fingerprint density at radius 2 is 2.12 bits per heavy atom. The van der Waals surface area contributed by atoms with Crippen molar-refractivity contribution < 1.29 is 9.18 Å². The van der Waals surface area contributed by atoms with Gasteiger partial charge in [-0.05, 0) is 70.8 Å². The first-order valence-corrected chi connectivity index (χ1v) is 10.2. The van der Waals surface area contributed by atoms with Crippen molar-refractivity contribution in [3.63, 3.8) is 0 Å². The summed E-state index contributed by atoms with van der Waals surface area (Å²) in [4.78, 5) is 20.6. The predicted molar refractivity (Wildman–Crippen MR) is 108 cm³/mol. The Kier molecular flexibility index (Phi) is 6.04. The van der Waals surface area contributed by atoms with E-state index in [2.05, 4.69) is 60.7 Å². The number of carbonyl (C=O) groups excluding carboxylic acids is 1. The van der Waals surface area contributed by atoms with Crippen molar-refractivity contribution in [2.24, 2.45) is 5.92 Å². The molecule has 1 fully saturated rings. The third-order valence-electron chi connectivity index (χ3n) is 4.46. The lowest BCUT2D eigenvalue weighted by molar-refractivity contribution is 0.102. The molecule has 3 atom stereocenters. The first-order valence-electron chi connectivity index (χ1n) is 8.15. The molecule has 0 aromatic carbocycles. The number of hydrogen-bond acceptors (Lipinski definition) is 3. The molecular weight excluding hydrogens is 500 g/mol. The Bertz CT molecular complexity index is 779. The number of halogens is 3. The van der Waals surface area contributed by atoms with Gasteiger partial charge in [0.15, 0.2) is 5.82 Å². The molecule has 0 radical (unpaired) electrons. The van der Waals surface area contributed by atoms with Crippen molar-refractivity contribution in [2.75, 3.05) is 5.32 Å². The van der Waals surface area contributed by atoms with Crippen molar-refractivity contribution in [2.45, 2.75) is 36.0 Å². The molecule has 0 spiro atoms. The summed E-state index contributed by atoms with van der Waals surface area (Å²) in [6.45, 7) is 2.28. The smallest absolute Gasteiger partial charge is 0.274 e. The van der Waals surface area contributed by atoms with Gasteiger partial charge in [0.05, 0.1) is 11.9 Å². The van der Waals surface area contributed by atoms with Crippen LogP contribution in [0.25, 0.3) is 0 Å². The average molecular weight is 518 g/mol. The highest BCUT2D eigenvalue weighted by atomic mass is 127. The minimum Gasteiger partial charge on any atom is -0.319 e. The number of alkyl halides is 1. The fourth-order valence-corrected chi connectivity index (χ4v) is 5.17. The minimum absolute atomic E-state index is 0.0282. The van der Waals surface area contributed by atoms with E-state index in [9.17, 15) is 9.18 Å². The van der Waals surface area contributed by atoms with Crippen LogP contribution in [0.1, 0.15) is 48.2 Å². The fraction of sp³-hybridized carbons (Fsp3) is 0.389. The van der Waals surface area contributed by atoms with Gasteiger partial charge < -0.3 is 5.32 Å². The number of rotatable bonds is 3. The molecule has 0 saturated heterocycles. The second-order valence-electron chi connectivity index (χ2n) is 6.49. The topological polar surface area (TPSA) is 54.9 Å². The first-order chi connectivity index (χ1) is 11.9. The van der Waals surface area contributed by atoms with Crippen molar-refractivity contribution in [1.29, 1.82) is 0 Å². The van der Waals surface area contributed by atoms with Crippen LogP contribution in [0.4, 0.5) is 10.1 Å². The number of nitrogens with one attached hydrogen (secondary N) is 1. The summed E-state index contributed by atoms with van der Waals surface area (Å²) in [5.74, 6) is 0.191. The van der Waals surface area contributed by atoms with Gasteiger partial charge in [-0.2, -0.15) is 0 Å².